The van der Waals surface area contributed by atoms with E-state index in [-0.39, 0.29) is 195 Å². The zero-order chi connectivity index (χ0) is 93.4. The first-order valence-electron chi connectivity index (χ1n) is 35.9. The average Bonchev–Trinajstić information content (AvgIpc) is 0.739. The predicted molar refractivity (Wildman–Crippen MR) is 532 cm³/mol. The predicted octanol–water partition coefficient (Wildman–Crippen LogP) is -6.37. The van der Waals surface area contributed by atoms with Crippen LogP contribution in [-0.2, 0) is 19.2 Å². The molecule has 0 saturated heterocycles. The van der Waals surface area contributed by atoms with E-state index in [1.54, 1.807) is 181 Å². The molecular formula is C70H87I12N12O30-. The van der Waals surface area contributed by atoms with Crippen molar-refractivity contribution in [3.05, 3.63) is 83.8 Å². The maximum absolute atomic E-state index is 13.9. The molecule has 0 saturated carbocycles. The van der Waals surface area contributed by atoms with Crippen LogP contribution in [0.3, 0.4) is 0 Å². The number of aliphatic hydroxyl groups excluding tert-OH is 17. The summed E-state index contributed by atoms with van der Waals surface area (Å²) in [5.41, 5.74) is -0.988. The van der Waals surface area contributed by atoms with E-state index in [4.69, 9.17) is 4.74 Å². The van der Waals surface area contributed by atoms with Gasteiger partial charge in [0.1, 0.15) is 11.8 Å². The highest BCUT2D eigenvalue weighted by atomic mass is 127. The van der Waals surface area contributed by atoms with Gasteiger partial charge in [0.05, 0.1) is 221 Å². The molecule has 4 aromatic rings. The lowest BCUT2D eigenvalue weighted by atomic mass is 10.0. The molecule has 4 aromatic carbocycles. The van der Waals surface area contributed by atoms with E-state index in [0.717, 1.165) is 23.6 Å². The summed E-state index contributed by atoms with van der Waals surface area (Å²) >= 11 is 19.6. The summed E-state index contributed by atoms with van der Waals surface area (Å²) in [5.74, 6) is -9.21. The molecule has 692 valence electrons. The zero-order valence-corrected chi connectivity index (χ0v) is 91.0. The number of benzene rings is 4. The van der Waals surface area contributed by atoms with E-state index in [1.165, 1.54) is 23.6 Å². The summed E-state index contributed by atoms with van der Waals surface area (Å²) in [6.07, 6.45) is -13.4. The maximum atomic E-state index is 13.9. The van der Waals surface area contributed by atoms with E-state index in [1.807, 2.05) is 67.8 Å². The van der Waals surface area contributed by atoms with Gasteiger partial charge in [0.2, 0.25) is 23.6 Å². The molecule has 9 unspecified atom stereocenters. The Kier molecular flexibility index (Phi) is 52.6. The first kappa shape index (κ1) is 117. The van der Waals surface area contributed by atoms with Crippen molar-refractivity contribution in [2.75, 3.05) is 151 Å². The topological polar surface area (TPSA) is 667 Å². The van der Waals surface area contributed by atoms with Gasteiger partial charge in [0.15, 0.2) is 5.75 Å². The van der Waals surface area contributed by atoms with Crippen LogP contribution in [-0.4, -0.2) is 350 Å². The number of anilines is 4. The molecule has 0 fully saturated rings. The van der Waals surface area contributed by atoms with Crippen LogP contribution in [0.15, 0.2) is 0 Å². The highest BCUT2D eigenvalue weighted by Crippen LogP contribution is 2.47. The Hall–Kier alpha value is -1.60. The van der Waals surface area contributed by atoms with E-state index < -0.39 is 204 Å². The fourth-order valence-electron chi connectivity index (χ4n) is 10.9. The van der Waals surface area contributed by atoms with Gasteiger partial charge in [-0.3, -0.25) is 57.5 Å². The number of nitrogens with one attached hydrogen (secondary N) is 8. The molecular weight excluding hydrogens is 3010 g/mol. The molecule has 42 nitrogen and oxygen atoms in total. The molecule has 12 amide bonds. The van der Waals surface area contributed by atoms with Crippen LogP contribution in [0.25, 0.3) is 0 Å². The lowest BCUT2D eigenvalue weighted by Gasteiger charge is -2.39. The van der Waals surface area contributed by atoms with Gasteiger partial charge in [0, 0.05) is 94.3 Å². The summed E-state index contributed by atoms with van der Waals surface area (Å²) in [7, 11) is 0. The number of halogens is 12. The van der Waals surface area contributed by atoms with Crippen LogP contribution in [0.5, 0.6) is 5.75 Å². The zero-order valence-electron chi connectivity index (χ0n) is 65.1. The molecule has 1 aliphatic heterocycles. The van der Waals surface area contributed by atoms with Crippen LogP contribution < -0.4 is 90.8 Å². The van der Waals surface area contributed by atoms with Crippen LogP contribution in [0.1, 0.15) is 111 Å². The largest absolute Gasteiger partial charge is 1.00 e. The number of ether oxygens (including phenoxy) is 1. The summed E-state index contributed by atoms with van der Waals surface area (Å²) in [5, 5.41) is 186. The van der Waals surface area contributed by atoms with Crippen LogP contribution in [0.2, 0.25) is 0 Å². The molecule has 0 aliphatic carbocycles. The molecule has 9 atom stereocenters. The van der Waals surface area contributed by atoms with E-state index in [9.17, 15) is 144 Å². The van der Waals surface area contributed by atoms with Gasteiger partial charge in [-0.15, -0.1) is 0 Å². The van der Waals surface area contributed by atoms with Gasteiger partial charge < -0.3 is 178 Å². The minimum Gasteiger partial charge on any atom is -1.00 e. The molecule has 0 aromatic heterocycles. The van der Waals surface area contributed by atoms with Gasteiger partial charge >= 0.3 is 0 Å². The summed E-state index contributed by atoms with van der Waals surface area (Å²) in [6.45, 7) is -5.54. The Morgan fingerprint density at radius 2 is 0.508 bits per heavy atom. The number of hydrogen-bond acceptors (Lipinski definition) is 30. The number of aliphatic hydroxyl groups is 17. The summed E-state index contributed by atoms with van der Waals surface area (Å²) in [6, 6.07) is 0. The Labute approximate surface area is 874 Å². The number of carbonyl (C=O) groups excluding carboxylic acids is 12. The molecule has 124 heavy (non-hydrogen) atoms. The normalized spacial score (nSPS) is 14.4. The second-order valence-corrected chi connectivity index (χ2v) is 38.3. The van der Waals surface area contributed by atoms with Crippen molar-refractivity contribution in [2.24, 2.45) is 0 Å². The Bertz CT molecular complexity index is 4280. The molecule has 25 N–H and O–H groups in total. The van der Waals surface area contributed by atoms with Crippen molar-refractivity contribution < 1.29 is 173 Å². The van der Waals surface area contributed by atoms with E-state index in [0.29, 0.717) is 0 Å². The Morgan fingerprint density at radius 1 is 0.315 bits per heavy atom. The van der Waals surface area contributed by atoms with Gasteiger partial charge in [-0.1, -0.05) is 0 Å². The number of hydrogen-bond donors (Lipinski definition) is 25. The molecule has 5 rings (SSSR count). The molecule has 0 spiro atoms. The van der Waals surface area contributed by atoms with Gasteiger partial charge in [-0.05, 0) is 248 Å². The van der Waals surface area contributed by atoms with Crippen molar-refractivity contribution in [3.8, 4) is 5.75 Å². The van der Waals surface area contributed by atoms with E-state index >= 15 is 0 Å². The van der Waals surface area contributed by atoms with Crippen molar-refractivity contribution >= 4 is 342 Å². The lowest BCUT2D eigenvalue weighted by molar-refractivity contribution is -0.118. The second kappa shape index (κ2) is 55.9. The quantitative estimate of drug-likeness (QED) is 0.0184. The highest BCUT2D eigenvalue weighted by molar-refractivity contribution is 14.1. The van der Waals surface area contributed by atoms with Crippen molar-refractivity contribution in [1.82, 2.24) is 42.5 Å². The molecule has 1 heterocycles. The van der Waals surface area contributed by atoms with Crippen molar-refractivity contribution in [3.63, 3.8) is 0 Å². The number of carbonyl (C=O) groups is 12. The SMILES string of the molecule is CC(=O)N(CC(O)CN(C(C)=O)c1c(I)c(C(=O)NCC(O)CO)c(I)c(C(=O)NCC(O)CO)c1I)c1c(I)c(C(=O)NCC(O)CO)c(I)c(C(=O)NCC(O)CO)c1I.CC(=O)N(CC1CN(C(C)=O)c2c(I)c(C(=O)NCC(O)CO)c(I)c(C(=O)NCC(O)CO)c2O1)c1c(I)c(C(=O)NCC(O)CO)c(I)c(C(=O)NCC(O)CO)c1I.[I-]. The van der Waals surface area contributed by atoms with Gasteiger partial charge in [-0.25, -0.2) is 0 Å². The third kappa shape index (κ3) is 31.2. The molecule has 54 heteroatoms. The minimum absolute atomic E-state index is 0. The monoisotopic (exact) mass is 3100 g/mol. The minimum atomic E-state index is -1.62. The summed E-state index contributed by atoms with van der Waals surface area (Å²) < 4.78 is 7.78. The smallest absolute Gasteiger partial charge is 0.256 e. The second-order valence-electron chi connectivity index (χ2n) is 26.5. The Balaban J connectivity index is 0.000000635. The number of rotatable bonds is 41. The average molecular weight is 3100 g/mol. The lowest BCUT2D eigenvalue weighted by Crippen LogP contribution is -3.00. The first-order valence-corrected chi connectivity index (χ1v) is 47.7. The Morgan fingerprint density at radius 3 is 0.710 bits per heavy atom. The van der Waals surface area contributed by atoms with Crippen LogP contribution in [0, 0.1) is 39.3 Å². The molecule has 0 radical (unpaired) electrons. The molecule has 1 aliphatic rings. The maximum Gasteiger partial charge on any atom is 0.256 e. The molecule has 0 bridgehead atoms. The van der Waals surface area contributed by atoms with Gasteiger partial charge in [0.25, 0.3) is 47.3 Å². The fraction of sp³-hybridized carbons (Fsp3) is 0.486. The summed E-state index contributed by atoms with van der Waals surface area (Å²) in [4.78, 5) is 168. The van der Waals surface area contributed by atoms with Crippen molar-refractivity contribution in [1.29, 1.82) is 0 Å². The number of fused-ring (bicyclic) bond motifs is 1. The number of nitrogens with zero attached hydrogens (tertiary/aromatic N) is 4. The van der Waals surface area contributed by atoms with Crippen molar-refractivity contribution in [2.45, 2.75) is 88.7 Å². The van der Waals surface area contributed by atoms with E-state index in [2.05, 4.69) is 42.5 Å². The van der Waals surface area contributed by atoms with Crippen LogP contribution >= 0.6 is 248 Å². The van der Waals surface area contributed by atoms with Gasteiger partial charge in [-0.2, -0.15) is 0 Å². The number of amides is 12. The first-order chi connectivity index (χ1) is 57.7. The third-order valence-electron chi connectivity index (χ3n) is 17.1. The fourth-order valence-corrected chi connectivity index (χ4v) is 27.6. The highest BCUT2D eigenvalue weighted by Gasteiger charge is 2.43. The standard InChI is InChI=1S/C35H44I6N6O15.C35H43I5N6O15.HI/c1-13(52)46(30-26(38)20(32(59)42-3-15(54)9-48)24(36)21(27(30)39)33(60)43-4-16(55)10-49)7-19(58)8-47(14(2)53)31-28(40)22(34(61)44-5-17(56)11-50)25(37)23(29(31)41)35(62)45-6-18(57)12-51;1-13(51)45(29-26(38)20(32(57)41-3-15(53)9-47)24(36)21(27(29)39)33(58)42-4-16(54)10-48)7-19-8-46(14(2)52)30-28(40)22(34(59)43-5-17(55)11-49)25(37)23(31(30)61-19)35(60)44-6-18(56)12-50;/h15-19,48-51,54-58H,3-12H2,1-2H3,(H,42,59)(H,43,60)(H,44,61)(H,45,62);15-19,47-50,53-56H,3-12H2,1-2H3,(H,41,57)(H,42,58)(H,43,59)(H,44,60);1H/p-1. The van der Waals surface area contributed by atoms with Crippen LogP contribution in [0.4, 0.5) is 22.7 Å². The third-order valence-corrected chi connectivity index (χ3v) is 28.8.